The summed E-state index contributed by atoms with van der Waals surface area (Å²) in [6.45, 7) is 0.720. The second-order valence-corrected chi connectivity index (χ2v) is 10.9. The fourth-order valence-corrected chi connectivity index (χ4v) is 6.52. The highest BCUT2D eigenvalue weighted by Crippen LogP contribution is 2.34. The SMILES string of the molecule is Cl.O=C(NO)C1(S(=O)(=O)c2ccc(-n3cc(-c4ccc(-c5ccccc5)cc4)nn3)cc2)CCNCC1. The molecule has 3 aromatic carbocycles. The lowest BCUT2D eigenvalue weighted by atomic mass is 9.96. The zero-order valence-electron chi connectivity index (χ0n) is 19.7. The van der Waals surface area contributed by atoms with Gasteiger partial charge in [0, 0.05) is 5.56 Å². The van der Waals surface area contributed by atoms with Gasteiger partial charge in [-0.25, -0.2) is 18.6 Å². The summed E-state index contributed by atoms with van der Waals surface area (Å²) in [6.07, 6.45) is 1.91. The molecule has 4 aromatic rings. The van der Waals surface area contributed by atoms with Crippen molar-refractivity contribution in [3.05, 3.63) is 85.1 Å². The fraction of sp³-hybridized carbons (Fsp3) is 0.192. The second kappa shape index (κ2) is 10.8. The van der Waals surface area contributed by atoms with E-state index in [1.54, 1.807) is 28.5 Å². The average Bonchev–Trinajstić information content (AvgIpc) is 3.44. The van der Waals surface area contributed by atoms with Gasteiger partial charge in [0.2, 0.25) is 0 Å². The molecule has 37 heavy (non-hydrogen) atoms. The number of hydrogen-bond acceptors (Lipinski definition) is 7. The smallest absolute Gasteiger partial charge is 0.265 e. The summed E-state index contributed by atoms with van der Waals surface area (Å²) < 4.78 is 26.7. The van der Waals surface area contributed by atoms with Crippen LogP contribution in [-0.4, -0.2) is 52.4 Å². The van der Waals surface area contributed by atoms with Crippen molar-refractivity contribution in [2.75, 3.05) is 13.1 Å². The van der Waals surface area contributed by atoms with Crippen LogP contribution in [0.4, 0.5) is 0 Å². The predicted octanol–water partition coefficient (Wildman–Crippen LogP) is 3.42. The Kier molecular flexibility index (Phi) is 7.74. The standard InChI is InChI=1S/C26H25N5O4S.ClH/c32-25(29-33)26(14-16-27-17-15-26)36(34,35)23-12-10-22(11-13-23)31-18-24(28-30-31)21-8-6-20(7-9-21)19-4-2-1-3-5-19;/h1-13,18,27,33H,14-17H2,(H,29,32);1H. The van der Waals surface area contributed by atoms with Gasteiger partial charge >= 0.3 is 0 Å². The van der Waals surface area contributed by atoms with Crippen LogP contribution < -0.4 is 10.8 Å². The van der Waals surface area contributed by atoms with E-state index >= 15 is 0 Å². The Morgan fingerprint density at radius 1 is 0.892 bits per heavy atom. The molecule has 3 N–H and O–H groups in total. The van der Waals surface area contributed by atoms with Gasteiger partial charge in [0.15, 0.2) is 14.6 Å². The summed E-state index contributed by atoms with van der Waals surface area (Å²) in [7, 11) is -4.06. The number of carbonyl (C=O) groups is 1. The van der Waals surface area contributed by atoms with E-state index in [4.69, 9.17) is 0 Å². The van der Waals surface area contributed by atoms with Crippen LogP contribution >= 0.6 is 12.4 Å². The zero-order chi connectivity index (χ0) is 25.2. The number of nitrogens with one attached hydrogen (secondary N) is 2. The number of sulfone groups is 1. The Bertz CT molecular complexity index is 1470. The zero-order valence-corrected chi connectivity index (χ0v) is 21.4. The first-order valence-electron chi connectivity index (χ1n) is 11.5. The molecule has 0 spiro atoms. The summed E-state index contributed by atoms with van der Waals surface area (Å²) in [5, 5.41) is 20.7. The van der Waals surface area contributed by atoms with E-state index in [2.05, 4.69) is 27.8 Å². The van der Waals surface area contributed by atoms with Crippen LogP contribution in [0, 0.1) is 0 Å². The minimum absolute atomic E-state index is 0. The molecular formula is C26H26ClN5O4S. The topological polar surface area (TPSA) is 126 Å². The number of benzene rings is 3. The number of carbonyl (C=O) groups excluding carboxylic acids is 1. The van der Waals surface area contributed by atoms with Gasteiger partial charge < -0.3 is 5.32 Å². The molecule has 5 rings (SSSR count). The lowest BCUT2D eigenvalue weighted by Crippen LogP contribution is -2.57. The van der Waals surface area contributed by atoms with Crippen molar-refractivity contribution < 1.29 is 18.4 Å². The van der Waals surface area contributed by atoms with Gasteiger partial charge in [-0.05, 0) is 61.3 Å². The number of piperidine rings is 1. The van der Waals surface area contributed by atoms with Crippen LogP contribution in [-0.2, 0) is 14.6 Å². The van der Waals surface area contributed by atoms with E-state index in [-0.39, 0.29) is 30.1 Å². The molecule has 192 valence electrons. The first kappa shape index (κ1) is 26.5. The van der Waals surface area contributed by atoms with Gasteiger partial charge in [0.25, 0.3) is 5.91 Å². The molecule has 0 aliphatic carbocycles. The summed E-state index contributed by atoms with van der Waals surface area (Å²) in [5.74, 6) is -0.910. The van der Waals surface area contributed by atoms with Gasteiger partial charge in [0.05, 0.1) is 16.8 Å². The van der Waals surface area contributed by atoms with Crippen molar-refractivity contribution in [1.29, 1.82) is 0 Å². The lowest BCUT2D eigenvalue weighted by molar-refractivity contribution is -0.132. The molecule has 1 aliphatic heterocycles. The van der Waals surface area contributed by atoms with E-state index in [0.29, 0.717) is 24.5 Å². The van der Waals surface area contributed by atoms with E-state index < -0.39 is 20.5 Å². The van der Waals surface area contributed by atoms with Gasteiger partial charge in [-0.3, -0.25) is 10.0 Å². The third kappa shape index (κ3) is 4.88. The number of rotatable bonds is 6. The van der Waals surface area contributed by atoms with Crippen LogP contribution in [0.5, 0.6) is 0 Å². The Morgan fingerprint density at radius 2 is 1.49 bits per heavy atom. The molecule has 1 aromatic heterocycles. The first-order valence-corrected chi connectivity index (χ1v) is 13.0. The molecule has 11 heteroatoms. The van der Waals surface area contributed by atoms with Crippen LogP contribution in [0.3, 0.4) is 0 Å². The lowest BCUT2D eigenvalue weighted by Gasteiger charge is -2.34. The van der Waals surface area contributed by atoms with E-state index in [1.807, 2.05) is 42.5 Å². The van der Waals surface area contributed by atoms with Gasteiger partial charge in [-0.2, -0.15) is 0 Å². The van der Waals surface area contributed by atoms with Crippen LogP contribution in [0.2, 0.25) is 0 Å². The van der Waals surface area contributed by atoms with Crippen molar-refractivity contribution >= 4 is 28.2 Å². The Hall–Kier alpha value is -3.57. The van der Waals surface area contributed by atoms with Crippen LogP contribution in [0.15, 0.2) is 90.0 Å². The largest absolute Gasteiger partial charge is 0.317 e. The maximum atomic E-state index is 13.4. The summed E-state index contributed by atoms with van der Waals surface area (Å²) >= 11 is 0. The molecule has 0 radical (unpaired) electrons. The van der Waals surface area contributed by atoms with E-state index in [1.165, 1.54) is 12.1 Å². The average molecular weight is 540 g/mol. The number of amides is 1. The maximum absolute atomic E-state index is 13.4. The first-order chi connectivity index (χ1) is 17.4. The molecule has 1 amide bonds. The monoisotopic (exact) mass is 539 g/mol. The van der Waals surface area contributed by atoms with Crippen molar-refractivity contribution in [3.8, 4) is 28.1 Å². The molecule has 9 nitrogen and oxygen atoms in total. The van der Waals surface area contributed by atoms with E-state index in [9.17, 15) is 18.4 Å². The van der Waals surface area contributed by atoms with E-state index in [0.717, 1.165) is 16.7 Å². The summed E-state index contributed by atoms with van der Waals surface area (Å²) in [5.41, 5.74) is 5.99. The fourth-order valence-electron chi connectivity index (χ4n) is 4.54. The Morgan fingerprint density at radius 3 is 2.11 bits per heavy atom. The van der Waals surface area contributed by atoms with Gasteiger partial charge in [-0.1, -0.05) is 59.8 Å². The van der Waals surface area contributed by atoms with Gasteiger partial charge in [-0.15, -0.1) is 17.5 Å². The predicted molar refractivity (Wildman–Crippen MR) is 141 cm³/mol. The third-order valence-corrected chi connectivity index (χ3v) is 9.15. The van der Waals surface area contributed by atoms with Crippen LogP contribution in [0.25, 0.3) is 28.1 Å². The number of hydroxylamine groups is 1. The molecule has 1 saturated heterocycles. The van der Waals surface area contributed by atoms with Crippen molar-refractivity contribution in [1.82, 2.24) is 25.8 Å². The third-order valence-electron chi connectivity index (χ3n) is 6.63. The molecule has 2 heterocycles. The number of halogens is 1. The maximum Gasteiger partial charge on any atom is 0.265 e. The highest BCUT2D eigenvalue weighted by atomic mass is 35.5. The summed E-state index contributed by atoms with van der Waals surface area (Å²) in [6, 6.07) is 24.3. The van der Waals surface area contributed by atoms with Gasteiger partial charge in [0.1, 0.15) is 5.69 Å². The minimum atomic E-state index is -4.06. The van der Waals surface area contributed by atoms with Crippen LogP contribution in [0.1, 0.15) is 12.8 Å². The van der Waals surface area contributed by atoms with Crippen molar-refractivity contribution in [2.24, 2.45) is 0 Å². The minimum Gasteiger partial charge on any atom is -0.317 e. The van der Waals surface area contributed by atoms with Crippen molar-refractivity contribution in [2.45, 2.75) is 22.5 Å². The molecule has 1 fully saturated rings. The Balaban J connectivity index is 0.00000320. The highest BCUT2D eigenvalue weighted by Gasteiger charge is 2.51. The molecule has 0 unspecified atom stereocenters. The quantitative estimate of drug-likeness (QED) is 0.253. The molecule has 1 aliphatic rings. The second-order valence-electron chi connectivity index (χ2n) is 8.67. The summed E-state index contributed by atoms with van der Waals surface area (Å²) in [4.78, 5) is 12.5. The number of aromatic nitrogens is 3. The molecule has 0 bridgehead atoms. The number of nitrogens with zero attached hydrogens (tertiary/aromatic N) is 3. The number of hydrogen-bond donors (Lipinski definition) is 3. The normalized spacial score (nSPS) is 14.9. The highest BCUT2D eigenvalue weighted by molar-refractivity contribution is 7.93. The van der Waals surface area contributed by atoms with Crippen molar-refractivity contribution in [3.63, 3.8) is 0 Å². The molecule has 0 saturated carbocycles. The Labute approximate surface area is 220 Å². The molecule has 0 atom stereocenters. The molecular weight excluding hydrogens is 514 g/mol.